The second-order valence-electron chi connectivity index (χ2n) is 4.22. The third kappa shape index (κ3) is 1.63. The minimum atomic E-state index is -1.01. The highest BCUT2D eigenvalue weighted by Crippen LogP contribution is 2.52. The standard InChI is InChI=1S/C12H13ClO4/c1-17-10-8(14)4-3-7(13)9(10)12(11(15)16)5-2-6-12/h3-4,14H,2,5-6H2,1H3,(H,15,16). The smallest absolute Gasteiger partial charge is 0.314 e. The second kappa shape index (κ2) is 4.11. The van der Waals surface area contributed by atoms with Crippen LogP contribution in [0.2, 0.25) is 5.02 Å². The fourth-order valence-corrected chi connectivity index (χ4v) is 2.63. The molecule has 0 saturated heterocycles. The molecule has 0 aromatic heterocycles. The lowest BCUT2D eigenvalue weighted by molar-refractivity contribution is -0.147. The van der Waals surface area contributed by atoms with Crippen molar-refractivity contribution in [2.75, 3.05) is 7.11 Å². The number of ether oxygens (including phenoxy) is 1. The minimum Gasteiger partial charge on any atom is -0.504 e. The molecular formula is C12H13ClO4. The van der Waals surface area contributed by atoms with Gasteiger partial charge in [-0.2, -0.15) is 0 Å². The molecule has 17 heavy (non-hydrogen) atoms. The van der Waals surface area contributed by atoms with Crippen LogP contribution in [0.3, 0.4) is 0 Å². The zero-order valence-corrected chi connectivity index (χ0v) is 10.1. The summed E-state index contributed by atoms with van der Waals surface area (Å²) >= 11 is 6.07. The largest absolute Gasteiger partial charge is 0.504 e. The molecule has 4 nitrogen and oxygen atoms in total. The Bertz CT molecular complexity index is 466. The third-order valence-corrected chi connectivity index (χ3v) is 3.70. The Morgan fingerprint density at radius 1 is 1.47 bits per heavy atom. The molecule has 1 aliphatic carbocycles. The molecule has 1 aliphatic rings. The fourth-order valence-electron chi connectivity index (χ4n) is 2.30. The second-order valence-corrected chi connectivity index (χ2v) is 4.62. The number of carboxylic acids is 1. The summed E-state index contributed by atoms with van der Waals surface area (Å²) in [6.07, 6.45) is 1.87. The van der Waals surface area contributed by atoms with Crippen LogP contribution >= 0.6 is 11.6 Å². The molecule has 92 valence electrons. The summed E-state index contributed by atoms with van der Waals surface area (Å²) in [4.78, 5) is 11.4. The van der Waals surface area contributed by atoms with Crippen LogP contribution in [-0.2, 0) is 10.2 Å². The fraction of sp³-hybridized carbons (Fsp3) is 0.417. The van der Waals surface area contributed by atoms with E-state index in [0.29, 0.717) is 23.4 Å². The van der Waals surface area contributed by atoms with Crippen molar-refractivity contribution in [2.45, 2.75) is 24.7 Å². The third-order valence-electron chi connectivity index (χ3n) is 3.39. The maximum absolute atomic E-state index is 11.4. The van der Waals surface area contributed by atoms with Gasteiger partial charge >= 0.3 is 5.97 Å². The van der Waals surface area contributed by atoms with Crippen molar-refractivity contribution in [1.82, 2.24) is 0 Å². The van der Waals surface area contributed by atoms with E-state index in [0.717, 1.165) is 6.42 Å². The van der Waals surface area contributed by atoms with Crippen LogP contribution in [0.4, 0.5) is 0 Å². The van der Waals surface area contributed by atoms with Crippen molar-refractivity contribution in [3.8, 4) is 11.5 Å². The van der Waals surface area contributed by atoms with Crippen LogP contribution < -0.4 is 4.74 Å². The molecule has 5 heteroatoms. The molecule has 2 N–H and O–H groups in total. The number of aliphatic carboxylic acids is 1. The molecule has 0 spiro atoms. The van der Waals surface area contributed by atoms with Crippen LogP contribution in [-0.4, -0.2) is 23.3 Å². The lowest BCUT2D eigenvalue weighted by Crippen LogP contribution is -2.42. The monoisotopic (exact) mass is 256 g/mol. The van der Waals surface area contributed by atoms with Gasteiger partial charge in [-0.25, -0.2) is 0 Å². The van der Waals surface area contributed by atoms with Crippen molar-refractivity contribution in [2.24, 2.45) is 0 Å². The van der Waals surface area contributed by atoms with Crippen molar-refractivity contribution < 1.29 is 19.7 Å². The van der Waals surface area contributed by atoms with Gasteiger partial charge in [0.1, 0.15) is 0 Å². The molecule has 0 bridgehead atoms. The predicted octanol–water partition coefficient (Wildman–Crippen LogP) is 2.56. The van der Waals surface area contributed by atoms with Gasteiger partial charge in [-0.3, -0.25) is 4.79 Å². The Kier molecular flexibility index (Phi) is 2.91. The number of hydrogen-bond acceptors (Lipinski definition) is 3. The summed E-state index contributed by atoms with van der Waals surface area (Å²) in [6, 6.07) is 2.90. The van der Waals surface area contributed by atoms with Gasteiger partial charge in [-0.15, -0.1) is 0 Å². The Hall–Kier alpha value is -1.42. The number of phenols is 1. The van der Waals surface area contributed by atoms with Gasteiger partial charge in [0.25, 0.3) is 0 Å². The average molecular weight is 257 g/mol. The molecular weight excluding hydrogens is 244 g/mol. The molecule has 0 heterocycles. The van der Waals surface area contributed by atoms with Gasteiger partial charge in [0, 0.05) is 10.6 Å². The van der Waals surface area contributed by atoms with E-state index in [1.54, 1.807) is 0 Å². The van der Waals surface area contributed by atoms with Gasteiger partial charge in [-0.1, -0.05) is 18.0 Å². The molecule has 1 fully saturated rings. The zero-order chi connectivity index (χ0) is 12.6. The molecule has 1 aromatic rings. The molecule has 0 amide bonds. The van der Waals surface area contributed by atoms with Crippen LogP contribution in [0.15, 0.2) is 12.1 Å². The van der Waals surface area contributed by atoms with Gasteiger partial charge in [0.2, 0.25) is 0 Å². The topological polar surface area (TPSA) is 66.8 Å². The maximum Gasteiger partial charge on any atom is 0.314 e. The number of phenolic OH excluding ortho intramolecular Hbond substituents is 1. The van der Waals surface area contributed by atoms with Crippen LogP contribution in [0, 0.1) is 0 Å². The summed E-state index contributed by atoms with van der Waals surface area (Å²) in [5, 5.41) is 19.4. The van der Waals surface area contributed by atoms with Crippen molar-refractivity contribution >= 4 is 17.6 Å². The van der Waals surface area contributed by atoms with E-state index in [2.05, 4.69) is 0 Å². The molecule has 1 saturated carbocycles. The summed E-state index contributed by atoms with van der Waals surface area (Å²) in [7, 11) is 1.39. The molecule has 0 atom stereocenters. The van der Waals surface area contributed by atoms with Crippen LogP contribution in [0.5, 0.6) is 11.5 Å². The highest BCUT2D eigenvalue weighted by atomic mass is 35.5. The highest BCUT2D eigenvalue weighted by Gasteiger charge is 2.49. The summed E-state index contributed by atoms with van der Waals surface area (Å²) in [5.41, 5.74) is -0.623. The van der Waals surface area contributed by atoms with Gasteiger partial charge in [0.05, 0.1) is 12.5 Å². The SMILES string of the molecule is COc1c(O)ccc(Cl)c1C1(C(=O)O)CCC1. The van der Waals surface area contributed by atoms with E-state index in [9.17, 15) is 15.0 Å². The van der Waals surface area contributed by atoms with Crippen LogP contribution in [0.1, 0.15) is 24.8 Å². The first-order chi connectivity index (χ1) is 8.03. The van der Waals surface area contributed by atoms with E-state index in [4.69, 9.17) is 16.3 Å². The summed E-state index contributed by atoms with van der Waals surface area (Å²) in [5.74, 6) is -0.839. The normalized spacial score (nSPS) is 17.3. The minimum absolute atomic E-state index is 0.0839. The molecule has 0 radical (unpaired) electrons. The average Bonchev–Trinajstić information content (AvgIpc) is 2.21. The number of rotatable bonds is 3. The highest BCUT2D eigenvalue weighted by molar-refractivity contribution is 6.32. The number of halogens is 1. The Labute approximate surface area is 104 Å². The van der Waals surface area contributed by atoms with Crippen molar-refractivity contribution in [3.05, 3.63) is 22.7 Å². The van der Waals surface area contributed by atoms with E-state index < -0.39 is 11.4 Å². The molecule has 2 rings (SSSR count). The predicted molar refractivity (Wildman–Crippen MR) is 62.8 cm³/mol. The van der Waals surface area contributed by atoms with E-state index >= 15 is 0 Å². The number of methoxy groups -OCH3 is 1. The first-order valence-corrected chi connectivity index (χ1v) is 5.70. The first kappa shape index (κ1) is 12.0. The van der Waals surface area contributed by atoms with Gasteiger partial charge in [0.15, 0.2) is 11.5 Å². The quantitative estimate of drug-likeness (QED) is 0.872. The Morgan fingerprint density at radius 2 is 2.12 bits per heavy atom. The van der Waals surface area contributed by atoms with Gasteiger partial charge < -0.3 is 14.9 Å². The lowest BCUT2D eigenvalue weighted by atomic mass is 9.64. The van der Waals surface area contributed by atoms with E-state index in [-0.39, 0.29) is 11.5 Å². The van der Waals surface area contributed by atoms with Crippen molar-refractivity contribution in [1.29, 1.82) is 0 Å². The van der Waals surface area contributed by atoms with Crippen LogP contribution in [0.25, 0.3) is 0 Å². The Balaban J connectivity index is 2.65. The molecule has 0 unspecified atom stereocenters. The molecule has 1 aromatic carbocycles. The zero-order valence-electron chi connectivity index (χ0n) is 9.36. The van der Waals surface area contributed by atoms with E-state index in [1.165, 1.54) is 19.2 Å². The maximum atomic E-state index is 11.4. The van der Waals surface area contributed by atoms with E-state index in [1.807, 2.05) is 0 Å². The van der Waals surface area contributed by atoms with Gasteiger partial charge in [-0.05, 0) is 25.0 Å². The lowest BCUT2D eigenvalue weighted by Gasteiger charge is -2.39. The number of hydrogen-bond donors (Lipinski definition) is 2. The number of carbonyl (C=O) groups is 1. The number of aromatic hydroxyl groups is 1. The number of benzene rings is 1. The summed E-state index contributed by atoms with van der Waals surface area (Å²) < 4.78 is 5.09. The number of carboxylic acid groups (broad SMARTS) is 1. The Morgan fingerprint density at radius 3 is 2.53 bits per heavy atom. The van der Waals surface area contributed by atoms with Crippen molar-refractivity contribution in [3.63, 3.8) is 0 Å². The first-order valence-electron chi connectivity index (χ1n) is 5.32. The molecule has 0 aliphatic heterocycles. The summed E-state index contributed by atoms with van der Waals surface area (Å²) in [6.45, 7) is 0.